The number of pyridine rings is 1. The monoisotopic (exact) mass is 253 g/mol. The number of nitrogens with zero attached hydrogens (tertiary/aromatic N) is 4. The lowest BCUT2D eigenvalue weighted by molar-refractivity contribution is 0.649. The summed E-state index contributed by atoms with van der Waals surface area (Å²) in [6.45, 7) is 1.46. The summed E-state index contributed by atoms with van der Waals surface area (Å²) >= 11 is 0. The molecule has 0 aliphatic carbocycles. The number of benzene rings is 1. The molecule has 0 amide bonds. The summed E-state index contributed by atoms with van der Waals surface area (Å²) in [5.41, 5.74) is 3.16. The van der Waals surface area contributed by atoms with Crippen LogP contribution in [-0.2, 0) is 13.1 Å². The van der Waals surface area contributed by atoms with Crippen LogP contribution in [0.4, 0.5) is 0 Å². The Morgan fingerprint density at radius 2 is 2.21 bits per heavy atom. The van der Waals surface area contributed by atoms with Crippen molar-refractivity contribution < 1.29 is 0 Å². The summed E-state index contributed by atoms with van der Waals surface area (Å²) in [5, 5.41) is 12.4. The first-order valence-electron chi connectivity index (χ1n) is 6.22. The van der Waals surface area contributed by atoms with E-state index in [0.717, 1.165) is 29.7 Å². The smallest absolute Gasteiger partial charge is 0.0964 e. The van der Waals surface area contributed by atoms with Crippen LogP contribution in [0.2, 0.25) is 0 Å². The molecule has 5 nitrogen and oxygen atoms in total. The van der Waals surface area contributed by atoms with Crippen molar-refractivity contribution in [2.24, 2.45) is 0 Å². The van der Waals surface area contributed by atoms with Crippen LogP contribution in [0, 0.1) is 0 Å². The highest BCUT2D eigenvalue weighted by Gasteiger charge is 2.02. The van der Waals surface area contributed by atoms with Gasteiger partial charge in [0.05, 0.1) is 24.0 Å². The Labute approximate surface area is 111 Å². The van der Waals surface area contributed by atoms with Gasteiger partial charge in [0.15, 0.2) is 0 Å². The summed E-state index contributed by atoms with van der Waals surface area (Å²) in [6, 6.07) is 10.3. The van der Waals surface area contributed by atoms with Crippen LogP contribution < -0.4 is 5.32 Å². The summed E-state index contributed by atoms with van der Waals surface area (Å²) in [7, 11) is 1.90. The van der Waals surface area contributed by atoms with Gasteiger partial charge in [0, 0.05) is 18.1 Å². The van der Waals surface area contributed by atoms with Gasteiger partial charge in [0.1, 0.15) is 0 Å². The molecule has 0 unspecified atom stereocenters. The molecule has 0 atom stereocenters. The van der Waals surface area contributed by atoms with Crippen LogP contribution in [0.25, 0.3) is 10.9 Å². The summed E-state index contributed by atoms with van der Waals surface area (Å²) < 4.78 is 1.85. The first-order chi connectivity index (χ1) is 9.35. The maximum absolute atomic E-state index is 4.31. The van der Waals surface area contributed by atoms with Gasteiger partial charge in [-0.05, 0) is 30.8 Å². The standard InChI is InChI=1S/C14H15N5/c1-15-8-13-10-19(18-17-13)9-11-4-5-14-12(7-11)3-2-6-16-14/h2-7,10,15H,8-9H2,1H3. The topological polar surface area (TPSA) is 55.6 Å². The van der Waals surface area contributed by atoms with Crippen molar-refractivity contribution in [1.29, 1.82) is 0 Å². The third-order valence-electron chi connectivity index (χ3n) is 2.96. The van der Waals surface area contributed by atoms with Crippen molar-refractivity contribution in [3.05, 3.63) is 54.0 Å². The van der Waals surface area contributed by atoms with E-state index in [9.17, 15) is 0 Å². The minimum Gasteiger partial charge on any atom is -0.314 e. The van der Waals surface area contributed by atoms with Crippen LogP contribution >= 0.6 is 0 Å². The molecule has 0 bridgehead atoms. The van der Waals surface area contributed by atoms with Crippen molar-refractivity contribution in [3.8, 4) is 0 Å². The average Bonchev–Trinajstić information content (AvgIpc) is 2.86. The Balaban J connectivity index is 1.83. The molecule has 0 aliphatic heterocycles. The van der Waals surface area contributed by atoms with Gasteiger partial charge in [0.2, 0.25) is 0 Å². The van der Waals surface area contributed by atoms with Crippen molar-refractivity contribution in [1.82, 2.24) is 25.3 Å². The molecule has 0 saturated carbocycles. The molecule has 5 heteroatoms. The average molecular weight is 253 g/mol. The molecule has 2 heterocycles. The van der Waals surface area contributed by atoms with Crippen LogP contribution in [0.15, 0.2) is 42.7 Å². The second-order valence-corrected chi connectivity index (χ2v) is 4.47. The Hall–Kier alpha value is -2.27. The van der Waals surface area contributed by atoms with E-state index in [1.807, 2.05) is 36.3 Å². The molecule has 96 valence electrons. The number of fused-ring (bicyclic) bond motifs is 1. The molecule has 2 aromatic heterocycles. The molecule has 1 aromatic carbocycles. The van der Waals surface area contributed by atoms with E-state index in [-0.39, 0.29) is 0 Å². The van der Waals surface area contributed by atoms with Crippen molar-refractivity contribution >= 4 is 10.9 Å². The minimum absolute atomic E-state index is 0.724. The van der Waals surface area contributed by atoms with E-state index in [0.29, 0.717) is 0 Å². The molecular weight excluding hydrogens is 238 g/mol. The summed E-state index contributed by atoms with van der Waals surface area (Å²) in [5.74, 6) is 0. The van der Waals surface area contributed by atoms with Crippen molar-refractivity contribution in [2.45, 2.75) is 13.1 Å². The highest BCUT2D eigenvalue weighted by Crippen LogP contribution is 2.14. The molecule has 0 aliphatic rings. The fraction of sp³-hybridized carbons (Fsp3) is 0.214. The van der Waals surface area contributed by atoms with Gasteiger partial charge in [-0.2, -0.15) is 0 Å². The maximum Gasteiger partial charge on any atom is 0.0964 e. The normalized spacial score (nSPS) is 11.0. The number of rotatable bonds is 4. The van der Waals surface area contributed by atoms with Crippen LogP contribution in [0.3, 0.4) is 0 Å². The lowest BCUT2D eigenvalue weighted by Crippen LogP contribution is -2.05. The van der Waals surface area contributed by atoms with Crippen LogP contribution in [-0.4, -0.2) is 27.0 Å². The van der Waals surface area contributed by atoms with Gasteiger partial charge in [-0.1, -0.05) is 17.3 Å². The Kier molecular flexibility index (Phi) is 3.20. The minimum atomic E-state index is 0.724. The molecule has 19 heavy (non-hydrogen) atoms. The Bertz CT molecular complexity index is 689. The highest BCUT2D eigenvalue weighted by atomic mass is 15.4. The maximum atomic E-state index is 4.31. The highest BCUT2D eigenvalue weighted by molar-refractivity contribution is 5.78. The Morgan fingerprint density at radius 3 is 3.11 bits per heavy atom. The molecule has 3 aromatic rings. The molecular formula is C14H15N5. The van der Waals surface area contributed by atoms with Crippen molar-refractivity contribution in [3.63, 3.8) is 0 Å². The molecule has 0 saturated heterocycles. The zero-order chi connectivity index (χ0) is 13.1. The van der Waals surface area contributed by atoms with Gasteiger partial charge in [-0.15, -0.1) is 5.10 Å². The Morgan fingerprint density at radius 1 is 1.26 bits per heavy atom. The first-order valence-corrected chi connectivity index (χ1v) is 6.22. The van der Waals surface area contributed by atoms with Gasteiger partial charge >= 0.3 is 0 Å². The first kappa shape index (κ1) is 11.8. The largest absolute Gasteiger partial charge is 0.314 e. The fourth-order valence-corrected chi connectivity index (χ4v) is 2.09. The van der Waals surface area contributed by atoms with Crippen LogP contribution in [0.1, 0.15) is 11.3 Å². The van der Waals surface area contributed by atoms with E-state index < -0.39 is 0 Å². The molecule has 1 N–H and O–H groups in total. The second kappa shape index (κ2) is 5.16. The van der Waals surface area contributed by atoms with E-state index in [4.69, 9.17) is 0 Å². The van der Waals surface area contributed by atoms with Gasteiger partial charge in [0.25, 0.3) is 0 Å². The third-order valence-corrected chi connectivity index (χ3v) is 2.96. The number of nitrogens with one attached hydrogen (secondary N) is 1. The van der Waals surface area contributed by atoms with E-state index in [2.05, 4.69) is 38.8 Å². The SMILES string of the molecule is CNCc1cn(Cc2ccc3ncccc3c2)nn1. The van der Waals surface area contributed by atoms with E-state index >= 15 is 0 Å². The molecule has 0 radical (unpaired) electrons. The fourth-order valence-electron chi connectivity index (χ4n) is 2.09. The van der Waals surface area contributed by atoms with Gasteiger partial charge < -0.3 is 5.32 Å². The molecule has 0 spiro atoms. The van der Waals surface area contributed by atoms with Crippen molar-refractivity contribution in [2.75, 3.05) is 7.05 Å². The predicted molar refractivity (Wildman–Crippen MR) is 73.6 cm³/mol. The second-order valence-electron chi connectivity index (χ2n) is 4.47. The number of aromatic nitrogens is 4. The van der Waals surface area contributed by atoms with Gasteiger partial charge in [-0.25, -0.2) is 4.68 Å². The zero-order valence-corrected chi connectivity index (χ0v) is 10.7. The van der Waals surface area contributed by atoms with E-state index in [1.165, 1.54) is 5.56 Å². The predicted octanol–water partition coefficient (Wildman–Crippen LogP) is 1.59. The lowest BCUT2D eigenvalue weighted by Gasteiger charge is -2.03. The number of hydrogen-bond acceptors (Lipinski definition) is 4. The molecule has 3 rings (SSSR count). The lowest BCUT2D eigenvalue weighted by atomic mass is 10.1. The molecule has 0 fully saturated rings. The quantitative estimate of drug-likeness (QED) is 0.767. The summed E-state index contributed by atoms with van der Waals surface area (Å²) in [4.78, 5) is 4.31. The summed E-state index contributed by atoms with van der Waals surface area (Å²) in [6.07, 6.45) is 3.77. The zero-order valence-electron chi connectivity index (χ0n) is 10.7. The van der Waals surface area contributed by atoms with Crippen LogP contribution in [0.5, 0.6) is 0 Å². The third kappa shape index (κ3) is 2.61. The van der Waals surface area contributed by atoms with E-state index in [1.54, 1.807) is 0 Å². The number of hydrogen-bond donors (Lipinski definition) is 1. The van der Waals surface area contributed by atoms with Gasteiger partial charge in [-0.3, -0.25) is 4.98 Å².